The zero-order valence-corrected chi connectivity index (χ0v) is 13.4. The van der Waals surface area contributed by atoms with Crippen molar-refractivity contribution in [2.75, 3.05) is 13.6 Å². The third kappa shape index (κ3) is 6.02. The highest BCUT2D eigenvalue weighted by molar-refractivity contribution is 5.73. The van der Waals surface area contributed by atoms with E-state index in [9.17, 15) is 9.59 Å². The maximum atomic E-state index is 11.9. The molecule has 0 aliphatic heterocycles. The SMILES string of the molecule is CCCCc1ccc(CNC(=O)N(C)CCCC)c(=O)[nH]1. The highest BCUT2D eigenvalue weighted by Gasteiger charge is 2.08. The van der Waals surface area contributed by atoms with Gasteiger partial charge in [0.15, 0.2) is 0 Å². The van der Waals surface area contributed by atoms with Crippen LogP contribution in [0.4, 0.5) is 4.79 Å². The average molecular weight is 293 g/mol. The minimum absolute atomic E-state index is 0.111. The van der Waals surface area contributed by atoms with E-state index >= 15 is 0 Å². The minimum Gasteiger partial charge on any atom is -0.334 e. The molecule has 118 valence electrons. The molecule has 0 saturated carbocycles. The first-order valence-electron chi connectivity index (χ1n) is 7.78. The molecule has 0 aliphatic rings. The third-order valence-corrected chi connectivity index (χ3v) is 3.47. The molecular formula is C16H27N3O2. The quantitative estimate of drug-likeness (QED) is 0.774. The molecule has 1 aromatic rings. The van der Waals surface area contributed by atoms with E-state index in [2.05, 4.69) is 24.1 Å². The average Bonchev–Trinajstić information content (AvgIpc) is 2.49. The second-order valence-corrected chi connectivity index (χ2v) is 5.38. The van der Waals surface area contributed by atoms with Gasteiger partial charge in [-0.2, -0.15) is 0 Å². The number of carbonyl (C=O) groups is 1. The summed E-state index contributed by atoms with van der Waals surface area (Å²) < 4.78 is 0. The summed E-state index contributed by atoms with van der Waals surface area (Å²) in [5, 5.41) is 2.78. The summed E-state index contributed by atoms with van der Waals surface area (Å²) in [6.07, 6.45) is 5.09. The third-order valence-electron chi connectivity index (χ3n) is 3.47. The van der Waals surface area contributed by atoms with Gasteiger partial charge < -0.3 is 15.2 Å². The van der Waals surface area contributed by atoms with Gasteiger partial charge in [-0.25, -0.2) is 4.79 Å². The number of aromatic nitrogens is 1. The number of aromatic amines is 1. The molecule has 0 bridgehead atoms. The molecule has 5 heteroatoms. The largest absolute Gasteiger partial charge is 0.334 e. The number of nitrogens with one attached hydrogen (secondary N) is 2. The van der Waals surface area contributed by atoms with E-state index in [-0.39, 0.29) is 18.1 Å². The zero-order valence-electron chi connectivity index (χ0n) is 13.4. The lowest BCUT2D eigenvalue weighted by atomic mass is 10.1. The summed E-state index contributed by atoms with van der Waals surface area (Å²) in [6, 6.07) is 3.59. The predicted molar refractivity (Wildman–Crippen MR) is 85.4 cm³/mol. The molecule has 0 aromatic carbocycles. The fraction of sp³-hybridized carbons (Fsp3) is 0.625. The Morgan fingerprint density at radius 3 is 2.57 bits per heavy atom. The van der Waals surface area contributed by atoms with Crippen molar-refractivity contribution in [2.45, 2.75) is 52.5 Å². The number of aryl methyl sites for hydroxylation is 1. The van der Waals surface area contributed by atoms with Crippen molar-refractivity contribution >= 4 is 6.03 Å². The Hall–Kier alpha value is -1.78. The van der Waals surface area contributed by atoms with Gasteiger partial charge in [0.05, 0.1) is 0 Å². The maximum Gasteiger partial charge on any atom is 0.317 e. The number of hydrogen-bond donors (Lipinski definition) is 2. The molecule has 0 atom stereocenters. The second kappa shape index (κ2) is 9.21. The van der Waals surface area contributed by atoms with Gasteiger partial charge in [0.1, 0.15) is 0 Å². The highest BCUT2D eigenvalue weighted by Crippen LogP contribution is 2.01. The molecule has 0 aliphatic carbocycles. The molecule has 1 rings (SSSR count). The number of amides is 2. The molecule has 2 N–H and O–H groups in total. The van der Waals surface area contributed by atoms with Gasteiger partial charge in [-0.3, -0.25) is 4.79 Å². The lowest BCUT2D eigenvalue weighted by Gasteiger charge is -2.17. The predicted octanol–water partition coefficient (Wildman–Crippen LogP) is 2.66. The van der Waals surface area contributed by atoms with Gasteiger partial charge in [-0.05, 0) is 25.3 Å². The highest BCUT2D eigenvalue weighted by atomic mass is 16.2. The lowest BCUT2D eigenvalue weighted by Crippen LogP contribution is -2.38. The van der Waals surface area contributed by atoms with Crippen molar-refractivity contribution in [1.82, 2.24) is 15.2 Å². The Morgan fingerprint density at radius 1 is 1.24 bits per heavy atom. The van der Waals surface area contributed by atoms with Gasteiger partial charge in [0.2, 0.25) is 0 Å². The van der Waals surface area contributed by atoms with Gasteiger partial charge in [-0.1, -0.05) is 32.8 Å². The van der Waals surface area contributed by atoms with Crippen LogP contribution < -0.4 is 10.9 Å². The van der Waals surface area contributed by atoms with Crippen LogP contribution in [0.5, 0.6) is 0 Å². The van der Waals surface area contributed by atoms with Crippen LogP contribution in [0.15, 0.2) is 16.9 Å². The molecule has 0 spiro atoms. The van der Waals surface area contributed by atoms with Crippen LogP contribution in [0.2, 0.25) is 0 Å². The van der Waals surface area contributed by atoms with Crippen molar-refractivity contribution in [2.24, 2.45) is 0 Å². The van der Waals surface area contributed by atoms with E-state index < -0.39 is 0 Å². The summed E-state index contributed by atoms with van der Waals surface area (Å²) in [5.41, 5.74) is 1.43. The second-order valence-electron chi connectivity index (χ2n) is 5.38. The number of urea groups is 1. The minimum atomic E-state index is -0.141. The molecule has 0 saturated heterocycles. The van der Waals surface area contributed by atoms with Crippen molar-refractivity contribution in [1.29, 1.82) is 0 Å². The van der Waals surface area contributed by atoms with E-state index in [1.807, 2.05) is 6.07 Å². The number of nitrogens with zero attached hydrogens (tertiary/aromatic N) is 1. The summed E-state index contributed by atoms with van der Waals surface area (Å²) in [5.74, 6) is 0. The van der Waals surface area contributed by atoms with Crippen molar-refractivity contribution < 1.29 is 4.79 Å². The fourth-order valence-electron chi connectivity index (χ4n) is 2.00. The van der Waals surface area contributed by atoms with E-state index in [1.54, 1.807) is 18.0 Å². The molecule has 0 radical (unpaired) electrons. The first-order valence-corrected chi connectivity index (χ1v) is 7.78. The van der Waals surface area contributed by atoms with Crippen LogP contribution in [0, 0.1) is 0 Å². The van der Waals surface area contributed by atoms with Crippen LogP contribution in [-0.4, -0.2) is 29.5 Å². The Bertz CT molecular complexity index is 497. The van der Waals surface area contributed by atoms with Crippen LogP contribution in [0.3, 0.4) is 0 Å². The monoisotopic (exact) mass is 293 g/mol. The molecule has 0 fully saturated rings. The molecule has 1 aromatic heterocycles. The van der Waals surface area contributed by atoms with Crippen molar-refractivity contribution in [3.05, 3.63) is 33.7 Å². The lowest BCUT2D eigenvalue weighted by molar-refractivity contribution is 0.207. The number of unbranched alkanes of at least 4 members (excludes halogenated alkanes) is 2. The standard InChI is InChI=1S/C16H27N3O2/c1-4-6-8-14-10-9-13(15(20)18-14)12-17-16(21)19(3)11-7-5-2/h9-10H,4-8,11-12H2,1-3H3,(H,17,21)(H,18,20). The van der Waals surface area contributed by atoms with Crippen LogP contribution in [0.25, 0.3) is 0 Å². The van der Waals surface area contributed by atoms with Gasteiger partial charge >= 0.3 is 6.03 Å². The van der Waals surface area contributed by atoms with Gasteiger partial charge in [0, 0.05) is 31.4 Å². The Labute approximate surface area is 126 Å². The van der Waals surface area contributed by atoms with Gasteiger partial charge in [-0.15, -0.1) is 0 Å². The van der Waals surface area contributed by atoms with Crippen molar-refractivity contribution in [3.8, 4) is 0 Å². The maximum absolute atomic E-state index is 11.9. The summed E-state index contributed by atoms with van der Waals surface area (Å²) >= 11 is 0. The number of rotatable bonds is 8. The smallest absolute Gasteiger partial charge is 0.317 e. The zero-order chi connectivity index (χ0) is 15.7. The van der Waals surface area contributed by atoms with E-state index in [0.717, 1.165) is 44.3 Å². The topological polar surface area (TPSA) is 65.2 Å². The number of hydrogen-bond acceptors (Lipinski definition) is 2. The van der Waals surface area contributed by atoms with E-state index in [0.29, 0.717) is 5.56 Å². The Balaban J connectivity index is 2.51. The number of carbonyl (C=O) groups excluding carboxylic acids is 1. The van der Waals surface area contributed by atoms with Gasteiger partial charge in [0.25, 0.3) is 5.56 Å². The first-order chi connectivity index (χ1) is 10.1. The Kier molecular flexibility index (Phi) is 7.58. The number of H-pyrrole nitrogens is 1. The summed E-state index contributed by atoms with van der Waals surface area (Å²) in [4.78, 5) is 28.3. The van der Waals surface area contributed by atoms with E-state index in [4.69, 9.17) is 0 Å². The molecule has 5 nitrogen and oxygen atoms in total. The fourth-order valence-corrected chi connectivity index (χ4v) is 2.00. The molecular weight excluding hydrogens is 266 g/mol. The normalized spacial score (nSPS) is 10.4. The summed E-state index contributed by atoms with van der Waals surface area (Å²) in [6.45, 7) is 5.20. The van der Waals surface area contributed by atoms with Crippen LogP contribution in [-0.2, 0) is 13.0 Å². The first kappa shape index (κ1) is 17.3. The van der Waals surface area contributed by atoms with E-state index in [1.165, 1.54) is 0 Å². The summed E-state index contributed by atoms with van der Waals surface area (Å²) in [7, 11) is 1.77. The Morgan fingerprint density at radius 2 is 1.95 bits per heavy atom. The molecule has 2 amide bonds. The van der Waals surface area contributed by atoms with Crippen LogP contribution in [0.1, 0.15) is 50.8 Å². The molecule has 0 unspecified atom stereocenters. The van der Waals surface area contributed by atoms with Crippen molar-refractivity contribution in [3.63, 3.8) is 0 Å². The number of pyridine rings is 1. The van der Waals surface area contributed by atoms with Crippen LogP contribution >= 0.6 is 0 Å². The molecule has 21 heavy (non-hydrogen) atoms. The molecule has 1 heterocycles.